The minimum atomic E-state index is 0.755. The van der Waals surface area contributed by atoms with Crippen LogP contribution in [0.25, 0.3) is 0 Å². The smallest absolute Gasteiger partial charge is 0.137 e. The summed E-state index contributed by atoms with van der Waals surface area (Å²) in [5.41, 5.74) is 0. The van der Waals surface area contributed by atoms with Gasteiger partial charge in [-0.3, -0.25) is 4.98 Å². The number of nitrogens with zero attached hydrogens (tertiary/aromatic N) is 1. The molecular formula is C15H25NO. The highest BCUT2D eigenvalue weighted by Crippen LogP contribution is 2.16. The van der Waals surface area contributed by atoms with E-state index in [9.17, 15) is 0 Å². The summed E-state index contributed by atoms with van der Waals surface area (Å²) in [6.45, 7) is 7.69. The van der Waals surface area contributed by atoms with Crippen LogP contribution >= 0.6 is 0 Å². The topological polar surface area (TPSA) is 22.1 Å². The molecule has 96 valence electrons. The maximum absolute atomic E-state index is 5.64. The second-order valence-electron chi connectivity index (χ2n) is 5.26. The van der Waals surface area contributed by atoms with Crippen LogP contribution in [0.15, 0.2) is 24.5 Å². The third-order valence-electron chi connectivity index (χ3n) is 2.99. The van der Waals surface area contributed by atoms with Crippen molar-refractivity contribution in [1.29, 1.82) is 0 Å². The van der Waals surface area contributed by atoms with Crippen LogP contribution in [-0.2, 0) is 0 Å². The fourth-order valence-electron chi connectivity index (χ4n) is 1.83. The molecular weight excluding hydrogens is 210 g/mol. The first-order chi connectivity index (χ1) is 8.18. The molecule has 1 heterocycles. The van der Waals surface area contributed by atoms with E-state index < -0.39 is 0 Å². The molecule has 1 aromatic rings. The SMILES string of the molecule is CC(C)CCCC(C)CCOc1cccnc1. The van der Waals surface area contributed by atoms with Gasteiger partial charge in [0, 0.05) is 6.20 Å². The molecule has 0 bridgehead atoms. The molecule has 1 unspecified atom stereocenters. The van der Waals surface area contributed by atoms with E-state index in [2.05, 4.69) is 25.8 Å². The highest BCUT2D eigenvalue weighted by atomic mass is 16.5. The number of rotatable bonds is 8. The molecule has 17 heavy (non-hydrogen) atoms. The summed E-state index contributed by atoms with van der Waals surface area (Å²) in [7, 11) is 0. The van der Waals surface area contributed by atoms with Crippen LogP contribution in [-0.4, -0.2) is 11.6 Å². The van der Waals surface area contributed by atoms with Crippen molar-refractivity contribution >= 4 is 0 Å². The molecule has 0 aliphatic carbocycles. The summed E-state index contributed by atoms with van der Waals surface area (Å²) < 4.78 is 5.64. The zero-order chi connectivity index (χ0) is 12.5. The summed E-state index contributed by atoms with van der Waals surface area (Å²) in [6, 6.07) is 3.86. The van der Waals surface area contributed by atoms with Gasteiger partial charge in [-0.1, -0.05) is 40.0 Å². The second kappa shape index (κ2) is 8.10. The van der Waals surface area contributed by atoms with E-state index in [1.165, 1.54) is 19.3 Å². The molecule has 0 aromatic carbocycles. The molecule has 1 rings (SSSR count). The van der Waals surface area contributed by atoms with Crippen molar-refractivity contribution < 1.29 is 4.74 Å². The lowest BCUT2D eigenvalue weighted by Gasteiger charge is -2.12. The van der Waals surface area contributed by atoms with Crippen molar-refractivity contribution in [3.63, 3.8) is 0 Å². The monoisotopic (exact) mass is 235 g/mol. The van der Waals surface area contributed by atoms with Crippen molar-refractivity contribution in [2.24, 2.45) is 11.8 Å². The highest BCUT2D eigenvalue weighted by molar-refractivity contribution is 5.15. The molecule has 2 nitrogen and oxygen atoms in total. The van der Waals surface area contributed by atoms with Gasteiger partial charge in [0.25, 0.3) is 0 Å². The third-order valence-corrected chi connectivity index (χ3v) is 2.99. The van der Waals surface area contributed by atoms with Crippen LogP contribution in [0.4, 0.5) is 0 Å². The minimum Gasteiger partial charge on any atom is -0.492 e. The van der Waals surface area contributed by atoms with Crippen LogP contribution in [0.1, 0.15) is 46.5 Å². The Balaban J connectivity index is 2.06. The van der Waals surface area contributed by atoms with Crippen LogP contribution in [0.2, 0.25) is 0 Å². The van der Waals surface area contributed by atoms with E-state index in [0.717, 1.165) is 30.6 Å². The Kier molecular flexibility index (Phi) is 6.68. The summed E-state index contributed by atoms with van der Waals surface area (Å²) >= 11 is 0. The van der Waals surface area contributed by atoms with Gasteiger partial charge in [-0.25, -0.2) is 0 Å². The van der Waals surface area contributed by atoms with Crippen LogP contribution in [0, 0.1) is 11.8 Å². The molecule has 0 aliphatic heterocycles. The third kappa shape index (κ3) is 6.98. The van der Waals surface area contributed by atoms with Gasteiger partial charge in [0.2, 0.25) is 0 Å². The van der Waals surface area contributed by atoms with E-state index in [4.69, 9.17) is 4.74 Å². The largest absolute Gasteiger partial charge is 0.492 e. The molecule has 0 radical (unpaired) electrons. The normalized spacial score (nSPS) is 12.7. The maximum atomic E-state index is 5.64. The van der Waals surface area contributed by atoms with Gasteiger partial charge < -0.3 is 4.74 Å². The fraction of sp³-hybridized carbons (Fsp3) is 0.667. The fourth-order valence-corrected chi connectivity index (χ4v) is 1.83. The zero-order valence-electron chi connectivity index (χ0n) is 11.4. The number of hydrogen-bond donors (Lipinski definition) is 0. The Labute approximate surface area is 105 Å². The number of aromatic nitrogens is 1. The standard InChI is InChI=1S/C15H25NO/c1-13(2)6-4-7-14(3)9-11-17-15-8-5-10-16-12-15/h5,8,10,12-14H,4,6-7,9,11H2,1-3H3. The van der Waals surface area contributed by atoms with Gasteiger partial charge in [0.15, 0.2) is 0 Å². The predicted molar refractivity (Wildman–Crippen MR) is 72.2 cm³/mol. The molecule has 1 atom stereocenters. The van der Waals surface area contributed by atoms with E-state index >= 15 is 0 Å². The minimum absolute atomic E-state index is 0.755. The lowest BCUT2D eigenvalue weighted by atomic mass is 9.98. The molecule has 0 fully saturated rings. The molecule has 0 aliphatic rings. The second-order valence-corrected chi connectivity index (χ2v) is 5.26. The predicted octanol–water partition coefficient (Wildman–Crippen LogP) is 4.31. The summed E-state index contributed by atoms with van der Waals surface area (Å²) in [6.07, 6.45) is 8.66. The van der Waals surface area contributed by atoms with Gasteiger partial charge in [-0.05, 0) is 30.4 Å². The molecule has 1 aromatic heterocycles. The van der Waals surface area contributed by atoms with E-state index in [0.29, 0.717) is 0 Å². The van der Waals surface area contributed by atoms with Crippen molar-refractivity contribution in [2.75, 3.05) is 6.61 Å². The zero-order valence-corrected chi connectivity index (χ0v) is 11.4. The van der Waals surface area contributed by atoms with Crippen LogP contribution in [0.5, 0.6) is 5.75 Å². The average molecular weight is 235 g/mol. The van der Waals surface area contributed by atoms with Gasteiger partial charge in [0.1, 0.15) is 5.75 Å². The van der Waals surface area contributed by atoms with Gasteiger partial charge in [-0.2, -0.15) is 0 Å². The van der Waals surface area contributed by atoms with Gasteiger partial charge in [0.05, 0.1) is 12.8 Å². The Morgan fingerprint density at radius 2 is 2.00 bits per heavy atom. The first kappa shape index (κ1) is 14.0. The molecule has 0 saturated heterocycles. The molecule has 0 N–H and O–H groups in total. The number of pyridine rings is 1. The molecule has 0 spiro atoms. The molecule has 0 amide bonds. The van der Waals surface area contributed by atoms with Gasteiger partial charge >= 0.3 is 0 Å². The van der Waals surface area contributed by atoms with E-state index in [1.54, 1.807) is 12.4 Å². The summed E-state index contributed by atoms with van der Waals surface area (Å²) in [5.74, 6) is 2.46. The quantitative estimate of drug-likeness (QED) is 0.669. The summed E-state index contributed by atoms with van der Waals surface area (Å²) in [5, 5.41) is 0. The molecule has 0 saturated carbocycles. The van der Waals surface area contributed by atoms with E-state index in [1.807, 2.05) is 12.1 Å². The first-order valence-corrected chi connectivity index (χ1v) is 6.71. The summed E-state index contributed by atoms with van der Waals surface area (Å²) in [4.78, 5) is 4.03. The Bertz CT molecular complexity index is 284. The Morgan fingerprint density at radius 1 is 1.18 bits per heavy atom. The average Bonchev–Trinajstić information content (AvgIpc) is 2.30. The maximum Gasteiger partial charge on any atom is 0.137 e. The van der Waals surface area contributed by atoms with Crippen molar-refractivity contribution in [1.82, 2.24) is 4.98 Å². The van der Waals surface area contributed by atoms with Crippen molar-refractivity contribution in [3.05, 3.63) is 24.5 Å². The van der Waals surface area contributed by atoms with Gasteiger partial charge in [-0.15, -0.1) is 0 Å². The Morgan fingerprint density at radius 3 is 2.65 bits per heavy atom. The number of ether oxygens (including phenoxy) is 1. The van der Waals surface area contributed by atoms with Crippen LogP contribution < -0.4 is 4.74 Å². The lowest BCUT2D eigenvalue weighted by molar-refractivity contribution is 0.275. The first-order valence-electron chi connectivity index (χ1n) is 6.71. The molecule has 2 heteroatoms. The van der Waals surface area contributed by atoms with E-state index in [-0.39, 0.29) is 0 Å². The van der Waals surface area contributed by atoms with Crippen molar-refractivity contribution in [3.8, 4) is 5.75 Å². The highest BCUT2D eigenvalue weighted by Gasteiger charge is 2.03. The Hall–Kier alpha value is -1.05. The van der Waals surface area contributed by atoms with Crippen molar-refractivity contribution in [2.45, 2.75) is 46.5 Å². The number of hydrogen-bond acceptors (Lipinski definition) is 2. The van der Waals surface area contributed by atoms with Crippen LogP contribution in [0.3, 0.4) is 0 Å². The lowest BCUT2D eigenvalue weighted by Crippen LogP contribution is -2.04.